The lowest BCUT2D eigenvalue weighted by molar-refractivity contribution is 0.119. The van der Waals surface area contributed by atoms with Gasteiger partial charge in [0, 0.05) is 51.9 Å². The van der Waals surface area contributed by atoms with Crippen LogP contribution in [0.25, 0.3) is 0 Å². The van der Waals surface area contributed by atoms with Gasteiger partial charge in [0.15, 0.2) is 0 Å². The monoisotopic (exact) mass is 454 g/mol. The fourth-order valence-corrected chi connectivity index (χ4v) is 5.27. The van der Waals surface area contributed by atoms with E-state index in [2.05, 4.69) is 106 Å². The zero-order valence-electron chi connectivity index (χ0n) is 19.7. The highest BCUT2D eigenvalue weighted by Gasteiger charge is 2.30. The van der Waals surface area contributed by atoms with E-state index in [1.165, 1.54) is 16.7 Å². The Bertz CT molecular complexity index is 996. The van der Waals surface area contributed by atoms with Gasteiger partial charge in [-0.3, -0.25) is 9.80 Å². The van der Waals surface area contributed by atoms with Crippen molar-refractivity contribution in [3.8, 4) is 0 Å². The van der Waals surface area contributed by atoms with Crippen LogP contribution < -0.4 is 5.32 Å². The first-order valence-corrected chi connectivity index (χ1v) is 12.4. The standard InChI is InChI=1S/C29H34N4O/c34-29(30-27-16-17-31(23-27)22-24-10-4-1-5-11-24)33-20-18-32(19-21-33)28(25-12-6-2-7-13-25)26-14-8-3-9-15-26/h1-15,27-28H,16-23H2,(H,30,34). The molecule has 2 fully saturated rings. The van der Waals surface area contributed by atoms with Crippen LogP contribution in [0, 0.1) is 0 Å². The number of benzene rings is 3. The van der Waals surface area contributed by atoms with Gasteiger partial charge < -0.3 is 10.2 Å². The molecule has 0 aromatic heterocycles. The molecule has 3 aromatic carbocycles. The van der Waals surface area contributed by atoms with Crippen LogP contribution in [0.3, 0.4) is 0 Å². The lowest BCUT2D eigenvalue weighted by atomic mass is 9.96. The normalized spacial score (nSPS) is 19.4. The quantitative estimate of drug-likeness (QED) is 0.601. The van der Waals surface area contributed by atoms with Crippen LogP contribution in [0.5, 0.6) is 0 Å². The van der Waals surface area contributed by atoms with E-state index in [1.54, 1.807) is 0 Å². The highest BCUT2D eigenvalue weighted by molar-refractivity contribution is 5.74. The van der Waals surface area contributed by atoms with Gasteiger partial charge in [0.1, 0.15) is 0 Å². The Hall–Kier alpha value is -3.15. The van der Waals surface area contributed by atoms with E-state index in [0.29, 0.717) is 0 Å². The number of nitrogens with one attached hydrogen (secondary N) is 1. The fraction of sp³-hybridized carbons (Fsp3) is 0.345. The van der Waals surface area contributed by atoms with E-state index in [4.69, 9.17) is 0 Å². The molecule has 2 aliphatic rings. The SMILES string of the molecule is O=C(NC1CCN(Cc2ccccc2)C1)N1CCN(C(c2ccccc2)c2ccccc2)CC1. The summed E-state index contributed by atoms with van der Waals surface area (Å²) in [6.07, 6.45) is 1.02. The molecule has 5 heteroatoms. The Morgan fingerprint density at radius 3 is 1.91 bits per heavy atom. The smallest absolute Gasteiger partial charge is 0.317 e. The van der Waals surface area contributed by atoms with Gasteiger partial charge >= 0.3 is 6.03 Å². The minimum absolute atomic E-state index is 0.0854. The summed E-state index contributed by atoms with van der Waals surface area (Å²) in [5.74, 6) is 0. The van der Waals surface area contributed by atoms with Crippen LogP contribution >= 0.6 is 0 Å². The summed E-state index contributed by atoms with van der Waals surface area (Å²) in [6, 6.07) is 32.5. The summed E-state index contributed by atoms with van der Waals surface area (Å²) >= 11 is 0. The number of piperazine rings is 1. The van der Waals surface area contributed by atoms with Gasteiger partial charge in [0.05, 0.1) is 6.04 Å². The molecule has 1 N–H and O–H groups in total. The largest absolute Gasteiger partial charge is 0.334 e. The second-order valence-electron chi connectivity index (χ2n) is 9.40. The molecule has 0 spiro atoms. The molecule has 176 valence electrons. The van der Waals surface area contributed by atoms with Crippen molar-refractivity contribution in [2.45, 2.75) is 25.0 Å². The van der Waals surface area contributed by atoms with E-state index < -0.39 is 0 Å². The van der Waals surface area contributed by atoms with Crippen LogP contribution in [-0.2, 0) is 6.54 Å². The van der Waals surface area contributed by atoms with Crippen molar-refractivity contribution >= 4 is 6.03 Å². The molecule has 5 nitrogen and oxygen atoms in total. The number of hydrogen-bond acceptors (Lipinski definition) is 3. The number of rotatable bonds is 6. The Morgan fingerprint density at radius 2 is 1.32 bits per heavy atom. The fourth-order valence-electron chi connectivity index (χ4n) is 5.27. The number of hydrogen-bond donors (Lipinski definition) is 1. The summed E-state index contributed by atoms with van der Waals surface area (Å²) in [5, 5.41) is 3.30. The molecule has 2 heterocycles. The molecule has 0 bridgehead atoms. The van der Waals surface area contributed by atoms with E-state index in [-0.39, 0.29) is 18.1 Å². The number of urea groups is 1. The third-order valence-corrected chi connectivity index (χ3v) is 7.05. The van der Waals surface area contributed by atoms with Gasteiger partial charge in [-0.15, -0.1) is 0 Å². The first-order chi connectivity index (χ1) is 16.8. The summed E-state index contributed by atoms with van der Waals surface area (Å²) < 4.78 is 0. The maximum atomic E-state index is 13.0. The molecule has 2 amide bonds. The molecule has 1 unspecified atom stereocenters. The zero-order chi connectivity index (χ0) is 23.2. The van der Waals surface area contributed by atoms with Crippen molar-refractivity contribution in [1.82, 2.24) is 20.0 Å². The van der Waals surface area contributed by atoms with Crippen LogP contribution in [0.4, 0.5) is 4.79 Å². The van der Waals surface area contributed by atoms with Gasteiger partial charge in [-0.05, 0) is 23.1 Å². The Kier molecular flexibility index (Phi) is 7.22. The lowest BCUT2D eigenvalue weighted by Crippen LogP contribution is -2.54. The Balaban J connectivity index is 1.15. The van der Waals surface area contributed by atoms with Crippen molar-refractivity contribution in [2.75, 3.05) is 39.3 Å². The molecular formula is C29H34N4O. The van der Waals surface area contributed by atoms with E-state index in [9.17, 15) is 4.79 Å². The Labute approximate surface area is 203 Å². The van der Waals surface area contributed by atoms with Crippen LogP contribution in [0.2, 0.25) is 0 Å². The first kappa shape index (κ1) is 22.6. The first-order valence-electron chi connectivity index (χ1n) is 12.4. The van der Waals surface area contributed by atoms with Gasteiger partial charge in [-0.1, -0.05) is 91.0 Å². The van der Waals surface area contributed by atoms with E-state index in [0.717, 1.165) is 52.2 Å². The third kappa shape index (κ3) is 5.49. The summed E-state index contributed by atoms with van der Waals surface area (Å²) in [7, 11) is 0. The molecule has 0 aliphatic carbocycles. The summed E-state index contributed by atoms with van der Waals surface area (Å²) in [5.41, 5.74) is 3.93. The molecule has 0 radical (unpaired) electrons. The van der Waals surface area contributed by atoms with Crippen LogP contribution in [0.15, 0.2) is 91.0 Å². The van der Waals surface area contributed by atoms with Crippen molar-refractivity contribution in [2.24, 2.45) is 0 Å². The molecule has 34 heavy (non-hydrogen) atoms. The summed E-state index contributed by atoms with van der Waals surface area (Å²) in [6.45, 7) is 6.14. The molecular weight excluding hydrogens is 420 g/mol. The molecule has 2 saturated heterocycles. The minimum Gasteiger partial charge on any atom is -0.334 e. The molecule has 3 aromatic rings. The van der Waals surface area contributed by atoms with Crippen molar-refractivity contribution in [1.29, 1.82) is 0 Å². The zero-order valence-corrected chi connectivity index (χ0v) is 19.7. The van der Waals surface area contributed by atoms with Crippen LogP contribution in [0.1, 0.15) is 29.2 Å². The number of carbonyl (C=O) groups is 1. The number of nitrogens with zero attached hydrogens (tertiary/aromatic N) is 3. The minimum atomic E-state index is 0.0854. The van der Waals surface area contributed by atoms with E-state index in [1.807, 2.05) is 4.90 Å². The number of amides is 2. The van der Waals surface area contributed by atoms with Crippen molar-refractivity contribution < 1.29 is 4.79 Å². The second kappa shape index (κ2) is 10.9. The number of carbonyl (C=O) groups excluding carboxylic acids is 1. The Morgan fingerprint density at radius 1 is 0.765 bits per heavy atom. The van der Waals surface area contributed by atoms with Gasteiger partial charge in [0.25, 0.3) is 0 Å². The van der Waals surface area contributed by atoms with Gasteiger partial charge in [0.2, 0.25) is 0 Å². The highest BCUT2D eigenvalue weighted by Crippen LogP contribution is 2.29. The third-order valence-electron chi connectivity index (χ3n) is 7.05. The maximum absolute atomic E-state index is 13.0. The molecule has 2 aliphatic heterocycles. The second-order valence-corrected chi connectivity index (χ2v) is 9.40. The van der Waals surface area contributed by atoms with Crippen molar-refractivity contribution in [3.05, 3.63) is 108 Å². The molecule has 1 atom stereocenters. The topological polar surface area (TPSA) is 38.8 Å². The maximum Gasteiger partial charge on any atom is 0.317 e. The molecule has 0 saturated carbocycles. The van der Waals surface area contributed by atoms with Gasteiger partial charge in [-0.2, -0.15) is 0 Å². The predicted molar refractivity (Wildman–Crippen MR) is 137 cm³/mol. The van der Waals surface area contributed by atoms with E-state index >= 15 is 0 Å². The number of likely N-dealkylation sites (tertiary alicyclic amines) is 1. The lowest BCUT2D eigenvalue weighted by Gasteiger charge is -2.40. The van der Waals surface area contributed by atoms with Crippen molar-refractivity contribution in [3.63, 3.8) is 0 Å². The average molecular weight is 455 g/mol. The van der Waals surface area contributed by atoms with Gasteiger partial charge in [-0.25, -0.2) is 4.79 Å². The molecule has 5 rings (SSSR count). The highest BCUT2D eigenvalue weighted by atomic mass is 16.2. The average Bonchev–Trinajstić information content (AvgIpc) is 3.33. The predicted octanol–water partition coefficient (Wildman–Crippen LogP) is 4.38. The summed E-state index contributed by atoms with van der Waals surface area (Å²) in [4.78, 5) is 19.9. The van der Waals surface area contributed by atoms with Crippen LogP contribution in [-0.4, -0.2) is 66.0 Å².